The van der Waals surface area contributed by atoms with Gasteiger partial charge in [-0.2, -0.15) is 0 Å². The Morgan fingerprint density at radius 1 is 0.333 bits per heavy atom. The topological polar surface area (TPSA) is 78.9 Å². The first-order valence-corrected chi connectivity index (χ1v) is 27.5. The van der Waals surface area contributed by atoms with E-state index in [1.807, 2.05) is 0 Å². The minimum atomic E-state index is -0.778. The number of hydrogen-bond acceptors (Lipinski definition) is 6. The second kappa shape index (κ2) is 52.3. The van der Waals surface area contributed by atoms with Gasteiger partial charge in [-0.25, -0.2) is 0 Å². The molecule has 0 rings (SSSR count). The van der Waals surface area contributed by atoms with Crippen molar-refractivity contribution in [3.8, 4) is 0 Å². The Hall–Kier alpha value is -2.37. The molecule has 0 aromatic carbocycles. The van der Waals surface area contributed by atoms with Gasteiger partial charge in [-0.3, -0.25) is 14.4 Å². The van der Waals surface area contributed by atoms with Gasteiger partial charge in [0.25, 0.3) is 0 Å². The zero-order valence-electron chi connectivity index (χ0n) is 42.1. The third-order valence-electron chi connectivity index (χ3n) is 12.2. The smallest absolute Gasteiger partial charge is 0.306 e. The summed E-state index contributed by atoms with van der Waals surface area (Å²) in [6, 6.07) is 0. The predicted octanol–water partition coefficient (Wildman–Crippen LogP) is 18.1. The van der Waals surface area contributed by atoms with Crippen LogP contribution in [0, 0.1) is 0 Å². The molecule has 0 heterocycles. The lowest BCUT2D eigenvalue weighted by atomic mass is 10.0. The number of ether oxygens (including phenoxy) is 3. The fraction of sp³-hybridized carbons (Fsp3) is 0.842. The maximum atomic E-state index is 12.8. The molecule has 0 spiro atoms. The minimum Gasteiger partial charge on any atom is -0.462 e. The summed E-state index contributed by atoms with van der Waals surface area (Å²) in [6.07, 6.45) is 61.3. The number of unbranched alkanes of at least 4 members (excludes halogenated alkanes) is 33. The Bertz CT molecular complexity index is 1060. The van der Waals surface area contributed by atoms with Gasteiger partial charge in [0, 0.05) is 19.3 Å². The van der Waals surface area contributed by atoms with Crippen LogP contribution in [0.5, 0.6) is 0 Å². The van der Waals surface area contributed by atoms with E-state index in [2.05, 4.69) is 57.2 Å². The maximum absolute atomic E-state index is 12.8. The van der Waals surface area contributed by atoms with Crippen LogP contribution >= 0.6 is 0 Å². The van der Waals surface area contributed by atoms with Crippen LogP contribution in [0.3, 0.4) is 0 Å². The highest BCUT2D eigenvalue weighted by atomic mass is 16.6. The van der Waals surface area contributed by atoms with Gasteiger partial charge in [-0.05, 0) is 51.4 Å². The van der Waals surface area contributed by atoms with E-state index in [0.717, 1.165) is 89.9 Å². The minimum absolute atomic E-state index is 0.0768. The number of carbonyl (C=O) groups excluding carboxylic acids is 3. The van der Waals surface area contributed by atoms with Crippen LogP contribution in [-0.4, -0.2) is 37.2 Å². The molecular weight excluding hydrogens is 781 g/mol. The molecular formula is C57H104O6. The zero-order valence-corrected chi connectivity index (χ0v) is 42.1. The molecule has 0 aliphatic heterocycles. The molecule has 1 unspecified atom stereocenters. The van der Waals surface area contributed by atoms with Gasteiger partial charge in [0.05, 0.1) is 0 Å². The highest BCUT2D eigenvalue weighted by Crippen LogP contribution is 2.17. The van der Waals surface area contributed by atoms with E-state index in [9.17, 15) is 14.4 Å². The SMILES string of the molecule is CC/C=C\C/C=C\C/C=C\CCCCCCC(=O)OC(COC(=O)CCCCCCCCCCCCCC)COC(=O)CCCCCCCCCCCCCCCCCCCCC. The van der Waals surface area contributed by atoms with Crippen LogP contribution in [0.25, 0.3) is 0 Å². The molecule has 368 valence electrons. The molecule has 0 saturated heterocycles. The molecule has 0 aliphatic rings. The molecule has 63 heavy (non-hydrogen) atoms. The molecule has 0 amide bonds. The second-order valence-electron chi connectivity index (χ2n) is 18.5. The van der Waals surface area contributed by atoms with Crippen LogP contribution in [0.1, 0.15) is 290 Å². The van der Waals surface area contributed by atoms with Crippen LogP contribution in [-0.2, 0) is 28.6 Å². The lowest BCUT2D eigenvalue weighted by molar-refractivity contribution is -0.167. The summed E-state index contributed by atoms with van der Waals surface area (Å²) in [6.45, 7) is 6.54. The lowest BCUT2D eigenvalue weighted by Gasteiger charge is -2.18. The van der Waals surface area contributed by atoms with E-state index in [-0.39, 0.29) is 31.1 Å². The van der Waals surface area contributed by atoms with Gasteiger partial charge in [0.1, 0.15) is 13.2 Å². The highest BCUT2D eigenvalue weighted by Gasteiger charge is 2.19. The van der Waals surface area contributed by atoms with Crippen molar-refractivity contribution in [1.82, 2.24) is 0 Å². The highest BCUT2D eigenvalue weighted by molar-refractivity contribution is 5.71. The molecule has 0 bridgehead atoms. The van der Waals surface area contributed by atoms with Gasteiger partial charge >= 0.3 is 17.9 Å². The molecule has 6 nitrogen and oxygen atoms in total. The number of allylic oxidation sites excluding steroid dienone is 6. The average Bonchev–Trinajstić information content (AvgIpc) is 3.28. The number of carbonyl (C=O) groups is 3. The summed E-state index contributed by atoms with van der Waals surface area (Å²) in [5, 5.41) is 0. The number of rotatable bonds is 50. The Morgan fingerprint density at radius 3 is 0.968 bits per heavy atom. The predicted molar refractivity (Wildman–Crippen MR) is 270 cm³/mol. The third kappa shape index (κ3) is 50.5. The Kier molecular flexibility index (Phi) is 50.3. The van der Waals surface area contributed by atoms with Gasteiger partial charge in [-0.1, -0.05) is 256 Å². The molecule has 0 N–H and O–H groups in total. The van der Waals surface area contributed by atoms with Crippen LogP contribution in [0.4, 0.5) is 0 Å². The van der Waals surface area contributed by atoms with Crippen LogP contribution in [0.15, 0.2) is 36.5 Å². The molecule has 0 aliphatic carbocycles. The molecule has 1 atom stereocenters. The van der Waals surface area contributed by atoms with E-state index >= 15 is 0 Å². The van der Waals surface area contributed by atoms with Crippen molar-refractivity contribution in [3.63, 3.8) is 0 Å². The first kappa shape index (κ1) is 60.6. The van der Waals surface area contributed by atoms with E-state index < -0.39 is 6.10 Å². The second-order valence-corrected chi connectivity index (χ2v) is 18.5. The van der Waals surface area contributed by atoms with Crippen molar-refractivity contribution in [2.75, 3.05) is 13.2 Å². The van der Waals surface area contributed by atoms with Gasteiger partial charge in [0.2, 0.25) is 0 Å². The largest absolute Gasteiger partial charge is 0.462 e. The van der Waals surface area contributed by atoms with Crippen LogP contribution in [0.2, 0.25) is 0 Å². The van der Waals surface area contributed by atoms with Crippen molar-refractivity contribution in [2.45, 2.75) is 297 Å². The Balaban J connectivity index is 4.31. The summed E-state index contributed by atoms with van der Waals surface area (Å²) in [5.41, 5.74) is 0. The van der Waals surface area contributed by atoms with Gasteiger partial charge in [0.15, 0.2) is 6.10 Å². The van der Waals surface area contributed by atoms with Crippen molar-refractivity contribution >= 4 is 17.9 Å². The molecule has 0 radical (unpaired) electrons. The molecule has 6 heteroatoms. The zero-order chi connectivity index (χ0) is 45.8. The van der Waals surface area contributed by atoms with E-state index in [4.69, 9.17) is 14.2 Å². The quantitative estimate of drug-likeness (QED) is 0.0262. The first-order chi connectivity index (χ1) is 31.0. The first-order valence-electron chi connectivity index (χ1n) is 27.5. The average molecular weight is 885 g/mol. The lowest BCUT2D eigenvalue weighted by Crippen LogP contribution is -2.30. The van der Waals surface area contributed by atoms with Crippen LogP contribution < -0.4 is 0 Å². The number of hydrogen-bond donors (Lipinski definition) is 0. The summed E-state index contributed by atoms with van der Waals surface area (Å²) in [7, 11) is 0. The molecule has 0 aromatic rings. The normalized spacial score (nSPS) is 12.2. The summed E-state index contributed by atoms with van der Waals surface area (Å²) in [4.78, 5) is 38.0. The summed E-state index contributed by atoms with van der Waals surface area (Å²) < 4.78 is 16.8. The van der Waals surface area contributed by atoms with E-state index in [1.165, 1.54) is 161 Å². The maximum Gasteiger partial charge on any atom is 0.306 e. The summed E-state index contributed by atoms with van der Waals surface area (Å²) >= 11 is 0. The van der Waals surface area contributed by atoms with Crippen molar-refractivity contribution in [1.29, 1.82) is 0 Å². The van der Waals surface area contributed by atoms with Crippen molar-refractivity contribution < 1.29 is 28.6 Å². The van der Waals surface area contributed by atoms with E-state index in [1.54, 1.807) is 0 Å². The fourth-order valence-corrected chi connectivity index (χ4v) is 8.05. The monoisotopic (exact) mass is 885 g/mol. The van der Waals surface area contributed by atoms with Gasteiger partial charge in [-0.15, -0.1) is 0 Å². The van der Waals surface area contributed by atoms with Crippen molar-refractivity contribution in [3.05, 3.63) is 36.5 Å². The Labute approximate surface area is 391 Å². The molecule has 0 saturated carbocycles. The fourth-order valence-electron chi connectivity index (χ4n) is 8.05. The Morgan fingerprint density at radius 2 is 0.619 bits per heavy atom. The van der Waals surface area contributed by atoms with E-state index in [0.29, 0.717) is 19.3 Å². The van der Waals surface area contributed by atoms with Gasteiger partial charge < -0.3 is 14.2 Å². The van der Waals surface area contributed by atoms with Crippen molar-refractivity contribution in [2.24, 2.45) is 0 Å². The molecule has 0 aromatic heterocycles. The standard InChI is InChI=1S/C57H104O6/c1-4-7-10-13-16-19-22-25-27-28-29-30-31-33-35-38-41-44-47-50-56(59)62-53-54(52-61-55(58)49-46-43-40-37-34-24-21-18-15-12-9-6-3)63-57(60)51-48-45-42-39-36-32-26-23-20-17-14-11-8-5-2/h8,11,17,20,26,32,54H,4-7,9-10,12-16,18-19,21-25,27-31,33-53H2,1-3H3/b11-8-,20-17-,32-26-. The molecule has 0 fully saturated rings. The summed E-state index contributed by atoms with van der Waals surface area (Å²) in [5.74, 6) is -0.884. The third-order valence-corrected chi connectivity index (χ3v) is 12.2. The number of esters is 3.